The number of rotatable bonds is 46. The number of nitrogens with one attached hydrogen (secondary N) is 1. The quantitative estimate of drug-likeness (QED) is 0.0205. The van der Waals surface area contributed by atoms with E-state index in [1.165, 1.54) is 64.2 Å². The molecule has 0 spiro atoms. The summed E-state index contributed by atoms with van der Waals surface area (Å²) in [4.78, 5) is 37.4. The number of amides is 1. The van der Waals surface area contributed by atoms with Crippen molar-refractivity contribution in [1.29, 1.82) is 0 Å². The summed E-state index contributed by atoms with van der Waals surface area (Å²) in [5, 5.41) is 2.98. The van der Waals surface area contributed by atoms with Gasteiger partial charge < -0.3 is 19.4 Å². The van der Waals surface area contributed by atoms with E-state index in [1.54, 1.807) is 0 Å². The zero-order valence-electron chi connectivity index (χ0n) is 43.6. The Balaban J connectivity index is 5.52. The molecule has 0 aliphatic rings. The summed E-state index contributed by atoms with van der Waals surface area (Å²) in [6.07, 6.45) is 61.4. The number of ether oxygens (including phenoxy) is 1. The van der Waals surface area contributed by atoms with Crippen molar-refractivity contribution >= 4 is 19.7 Å². The summed E-state index contributed by atoms with van der Waals surface area (Å²) in [5.74, 6) is -0.621. The third-order valence-corrected chi connectivity index (χ3v) is 12.0. The summed E-state index contributed by atoms with van der Waals surface area (Å²) in [6, 6.07) is -0.894. The highest BCUT2D eigenvalue weighted by Gasteiger charge is 2.30. The number of hydrogen-bond acceptors (Lipinski definition) is 6. The molecule has 9 nitrogen and oxygen atoms in total. The molecule has 0 aromatic carbocycles. The van der Waals surface area contributed by atoms with Crippen molar-refractivity contribution in [3.05, 3.63) is 97.2 Å². The summed E-state index contributed by atoms with van der Waals surface area (Å²) in [7, 11) is 1.43. The van der Waals surface area contributed by atoms with Crippen molar-refractivity contribution in [1.82, 2.24) is 5.32 Å². The molecule has 0 aliphatic heterocycles. The number of esters is 1. The van der Waals surface area contributed by atoms with Gasteiger partial charge in [0.25, 0.3) is 0 Å². The predicted octanol–water partition coefficient (Wildman–Crippen LogP) is 15.7. The van der Waals surface area contributed by atoms with Crippen LogP contribution in [-0.2, 0) is 27.9 Å². The van der Waals surface area contributed by atoms with Crippen LogP contribution in [0.2, 0.25) is 0 Å². The second kappa shape index (κ2) is 46.6. The largest absolute Gasteiger partial charge is 0.472 e. The smallest absolute Gasteiger partial charge is 0.456 e. The van der Waals surface area contributed by atoms with Crippen LogP contribution in [0.15, 0.2) is 97.2 Å². The molecule has 0 fully saturated rings. The Morgan fingerprint density at radius 3 is 1.46 bits per heavy atom. The molecule has 1 amide bonds. The van der Waals surface area contributed by atoms with Gasteiger partial charge >= 0.3 is 13.8 Å². The first kappa shape index (κ1) is 63.9. The van der Waals surface area contributed by atoms with Gasteiger partial charge in [0.1, 0.15) is 19.3 Å². The van der Waals surface area contributed by atoms with Crippen LogP contribution in [0.5, 0.6) is 0 Å². The Hall–Kier alpha value is -3.07. The predicted molar refractivity (Wildman–Crippen MR) is 286 cm³/mol. The molecule has 384 valence electrons. The number of allylic oxidation sites excluding steroid dienone is 15. The van der Waals surface area contributed by atoms with E-state index in [0.29, 0.717) is 23.9 Å². The highest BCUT2D eigenvalue weighted by molar-refractivity contribution is 7.47. The van der Waals surface area contributed by atoms with Crippen molar-refractivity contribution < 1.29 is 37.3 Å². The van der Waals surface area contributed by atoms with Gasteiger partial charge in [0.15, 0.2) is 0 Å². The Kier molecular flexibility index (Phi) is 44.5. The van der Waals surface area contributed by atoms with Crippen LogP contribution in [-0.4, -0.2) is 74.3 Å². The van der Waals surface area contributed by atoms with Crippen molar-refractivity contribution in [2.24, 2.45) is 0 Å². The van der Waals surface area contributed by atoms with Crippen molar-refractivity contribution in [3.63, 3.8) is 0 Å². The zero-order valence-corrected chi connectivity index (χ0v) is 44.5. The van der Waals surface area contributed by atoms with Crippen molar-refractivity contribution in [2.75, 3.05) is 40.9 Å². The maximum atomic E-state index is 13.4. The van der Waals surface area contributed by atoms with E-state index in [1.807, 2.05) is 45.4 Å². The summed E-state index contributed by atoms with van der Waals surface area (Å²) in [5.41, 5.74) is 0. The molecule has 0 saturated carbocycles. The maximum Gasteiger partial charge on any atom is 0.472 e. The fraction of sp³-hybridized carbons (Fsp3) is 0.684. The first-order valence-electron chi connectivity index (χ1n) is 26.6. The number of unbranched alkanes of at least 4 members (excludes halogenated alkanes) is 16. The number of hydrogen-bond donors (Lipinski definition) is 2. The molecule has 0 aromatic rings. The van der Waals surface area contributed by atoms with Crippen LogP contribution in [0.3, 0.4) is 0 Å². The fourth-order valence-electron chi connectivity index (χ4n) is 6.96. The van der Waals surface area contributed by atoms with E-state index in [9.17, 15) is 19.0 Å². The first-order valence-corrected chi connectivity index (χ1v) is 28.1. The molecule has 0 saturated heterocycles. The minimum absolute atomic E-state index is 0.0210. The third kappa shape index (κ3) is 47.8. The molecule has 3 atom stereocenters. The van der Waals surface area contributed by atoms with E-state index in [2.05, 4.69) is 99.0 Å². The molecule has 0 heterocycles. The van der Waals surface area contributed by atoms with Gasteiger partial charge in [-0.25, -0.2) is 4.57 Å². The molecule has 3 unspecified atom stereocenters. The standard InChI is InChI=1S/C57H99N2O7P/c1-7-10-13-16-19-22-25-27-29-30-31-34-37-40-43-46-49-56(60)58-54(53-65-67(62,63)64-52-51-59(4,5)6)55(48-45-42-39-36-33-24-21-18-15-12-9-3)66-57(61)50-47-44-41-38-35-32-28-26-23-20-17-14-11-8-2/h10-11,13-14,19-20,22-23,27,29,31,34,40,43,45,48,54-55H,7-9,12,15-18,21,24-26,28,30,32-33,35-39,41-42,44,46-47,49-53H2,1-6H3,(H-,58,60,62,63)/p+1/b13-10+,14-11+,22-19+,23-20+,29-27+,34-31+,43-40+,48-45+. The number of quaternary nitrogens is 1. The highest BCUT2D eigenvalue weighted by Crippen LogP contribution is 2.43. The van der Waals surface area contributed by atoms with E-state index in [0.717, 1.165) is 89.9 Å². The lowest BCUT2D eigenvalue weighted by atomic mass is 10.1. The van der Waals surface area contributed by atoms with Gasteiger partial charge in [0, 0.05) is 12.8 Å². The van der Waals surface area contributed by atoms with Crippen molar-refractivity contribution in [3.8, 4) is 0 Å². The Labute approximate surface area is 411 Å². The number of likely N-dealkylation sites (N-methyl/N-ethyl adjacent to an activating group) is 1. The molecular formula is C57H100N2O7P+. The number of carbonyl (C=O) groups excluding carboxylic acids is 2. The Bertz CT molecular complexity index is 1470. The lowest BCUT2D eigenvalue weighted by Crippen LogP contribution is -2.47. The summed E-state index contributed by atoms with van der Waals surface area (Å²) < 4.78 is 30.4. The van der Waals surface area contributed by atoms with Crippen molar-refractivity contribution in [2.45, 2.75) is 213 Å². The van der Waals surface area contributed by atoms with Gasteiger partial charge in [-0.2, -0.15) is 0 Å². The van der Waals surface area contributed by atoms with Gasteiger partial charge in [-0.15, -0.1) is 0 Å². The van der Waals surface area contributed by atoms with Crippen LogP contribution in [0, 0.1) is 0 Å². The van der Waals surface area contributed by atoms with Gasteiger partial charge in [-0.3, -0.25) is 18.6 Å². The lowest BCUT2D eigenvalue weighted by molar-refractivity contribution is -0.870. The number of nitrogens with zero attached hydrogens (tertiary/aromatic N) is 1. The molecule has 0 rings (SSSR count). The summed E-state index contributed by atoms with van der Waals surface area (Å²) >= 11 is 0. The van der Waals surface area contributed by atoms with Gasteiger partial charge in [-0.05, 0) is 89.5 Å². The SMILES string of the molecule is CC/C=C/C/C=C/C/C=C/C/C=C/C/C=C/CCC(=O)NC(COP(=O)(O)OCC[N+](C)(C)C)C(/C=C/CCCCCCCCCCC)OC(=O)CCCCCCCCC/C=C/C/C=C/CC. The van der Waals surface area contributed by atoms with Gasteiger partial charge in [-0.1, -0.05) is 195 Å². The Morgan fingerprint density at radius 1 is 0.537 bits per heavy atom. The number of phosphoric acid groups is 1. The normalized spacial score (nSPS) is 14.7. The monoisotopic (exact) mass is 956 g/mol. The first-order chi connectivity index (χ1) is 32.4. The molecule has 0 bridgehead atoms. The number of phosphoric ester groups is 1. The van der Waals surface area contributed by atoms with E-state index < -0.39 is 20.0 Å². The van der Waals surface area contributed by atoms with E-state index >= 15 is 0 Å². The molecule has 0 aromatic heterocycles. The topological polar surface area (TPSA) is 111 Å². The lowest BCUT2D eigenvalue weighted by Gasteiger charge is -2.27. The average molecular weight is 956 g/mol. The van der Waals surface area contributed by atoms with Crippen LogP contribution >= 0.6 is 7.82 Å². The van der Waals surface area contributed by atoms with Crippen LogP contribution < -0.4 is 5.32 Å². The van der Waals surface area contributed by atoms with Crippen LogP contribution in [0.25, 0.3) is 0 Å². The van der Waals surface area contributed by atoms with E-state index in [-0.39, 0.29) is 37.9 Å². The third-order valence-electron chi connectivity index (χ3n) is 11.0. The highest BCUT2D eigenvalue weighted by atomic mass is 31.2. The van der Waals surface area contributed by atoms with E-state index in [4.69, 9.17) is 13.8 Å². The molecule has 0 radical (unpaired) electrons. The summed E-state index contributed by atoms with van der Waals surface area (Å²) in [6.45, 7) is 6.69. The van der Waals surface area contributed by atoms with Gasteiger partial charge in [0.05, 0.1) is 33.8 Å². The molecule has 67 heavy (non-hydrogen) atoms. The average Bonchev–Trinajstić information content (AvgIpc) is 3.28. The maximum absolute atomic E-state index is 13.4. The zero-order chi connectivity index (χ0) is 49.4. The molecule has 10 heteroatoms. The fourth-order valence-corrected chi connectivity index (χ4v) is 7.70. The van der Waals surface area contributed by atoms with Crippen LogP contribution in [0.4, 0.5) is 0 Å². The van der Waals surface area contributed by atoms with Gasteiger partial charge in [0.2, 0.25) is 5.91 Å². The second-order valence-electron chi connectivity index (χ2n) is 18.6. The molecule has 2 N–H and O–H groups in total. The van der Waals surface area contributed by atoms with Crippen LogP contribution in [0.1, 0.15) is 201 Å². The molecular weight excluding hydrogens is 856 g/mol. The minimum atomic E-state index is -4.46. The minimum Gasteiger partial charge on any atom is -0.456 e. The second-order valence-corrected chi connectivity index (χ2v) is 20.1. The number of carbonyl (C=O) groups is 2. The Morgan fingerprint density at radius 2 is 0.970 bits per heavy atom. The molecule has 0 aliphatic carbocycles.